The van der Waals surface area contributed by atoms with Crippen LogP contribution in [0.3, 0.4) is 0 Å². The number of amides is 1. The van der Waals surface area contributed by atoms with Gasteiger partial charge in [-0.05, 0) is 38.5 Å². The van der Waals surface area contributed by atoms with Gasteiger partial charge in [-0.2, -0.15) is 0 Å². The van der Waals surface area contributed by atoms with Crippen molar-refractivity contribution in [1.82, 2.24) is 27.0 Å². The number of aliphatic imine (C=N–C) groups is 1. The van der Waals surface area contributed by atoms with Crippen molar-refractivity contribution in [2.24, 2.45) is 16.8 Å². The monoisotopic (exact) mass is 428 g/mol. The third-order valence-electron chi connectivity index (χ3n) is 6.81. The molecule has 2 heterocycles. The van der Waals surface area contributed by atoms with Crippen LogP contribution in [-0.2, 0) is 9.63 Å². The molecule has 4 rings (SSSR count). The van der Waals surface area contributed by atoms with E-state index >= 15 is 0 Å². The first-order chi connectivity index (χ1) is 14.5. The minimum atomic E-state index is -1.08. The Hall–Kier alpha value is -1.36. The maximum absolute atomic E-state index is 13.8. The molecule has 0 aromatic rings. The highest BCUT2D eigenvalue weighted by atomic mass is 19.1. The number of hydrogen-bond acceptors (Lipinski definition) is 6. The predicted molar refractivity (Wildman–Crippen MR) is 109 cm³/mol. The number of guanidine groups is 1. The fourth-order valence-corrected chi connectivity index (χ4v) is 5.07. The molecule has 0 aromatic heterocycles. The van der Waals surface area contributed by atoms with E-state index in [1.165, 1.54) is 0 Å². The molecule has 2 aliphatic carbocycles. The normalized spacial score (nSPS) is 40.6. The summed E-state index contributed by atoms with van der Waals surface area (Å²) in [6.45, 7) is 2.32. The maximum atomic E-state index is 13.8. The summed E-state index contributed by atoms with van der Waals surface area (Å²) >= 11 is 0. The van der Waals surface area contributed by atoms with Crippen LogP contribution in [-0.4, -0.2) is 55.1 Å². The molecule has 6 atom stereocenters. The number of alkyl halides is 2. The van der Waals surface area contributed by atoms with Crippen molar-refractivity contribution in [3.8, 4) is 0 Å². The second-order valence-electron chi connectivity index (χ2n) is 9.18. The van der Waals surface area contributed by atoms with Gasteiger partial charge in [-0.3, -0.25) is 20.4 Å². The van der Waals surface area contributed by atoms with Gasteiger partial charge in [-0.15, -0.1) is 0 Å². The van der Waals surface area contributed by atoms with Crippen molar-refractivity contribution in [3.05, 3.63) is 0 Å². The number of carbonyl (C=O) groups is 1. The van der Waals surface area contributed by atoms with Crippen LogP contribution in [0.5, 0.6) is 0 Å². The van der Waals surface area contributed by atoms with Gasteiger partial charge in [0.2, 0.25) is 5.91 Å². The first-order valence-electron chi connectivity index (χ1n) is 11.3. The van der Waals surface area contributed by atoms with Crippen LogP contribution in [0.25, 0.3) is 0 Å². The summed E-state index contributed by atoms with van der Waals surface area (Å²) in [5.41, 5.74) is 9.07. The minimum Gasteiger partial charge on any atom is -0.353 e. The number of nitrogens with zero attached hydrogens (tertiary/aromatic N) is 1. The van der Waals surface area contributed by atoms with E-state index in [2.05, 4.69) is 27.0 Å². The lowest BCUT2D eigenvalue weighted by molar-refractivity contribution is -0.124. The van der Waals surface area contributed by atoms with Crippen LogP contribution in [0.15, 0.2) is 4.99 Å². The Morgan fingerprint density at radius 3 is 2.47 bits per heavy atom. The molecule has 170 valence electrons. The first-order valence-corrected chi connectivity index (χ1v) is 11.3. The number of nitrogens with one attached hydrogen (secondary N) is 5. The number of hydroxylamine groups is 1. The summed E-state index contributed by atoms with van der Waals surface area (Å²) in [6, 6.07) is 0.258. The van der Waals surface area contributed by atoms with Crippen molar-refractivity contribution in [3.63, 3.8) is 0 Å². The number of carbonyl (C=O) groups excluding carboxylic acids is 1. The molecule has 5 N–H and O–H groups in total. The number of hydrazine groups is 1. The molecule has 4 aliphatic rings. The SMILES string of the molecule is CC1ONCC1C(=O)N/C(=N\C1CC(C2CC(F)CC(F)C2)NN1)NC1CCCC1. The summed E-state index contributed by atoms with van der Waals surface area (Å²) in [5, 5.41) is 6.33. The maximum Gasteiger partial charge on any atom is 0.233 e. The molecule has 10 heteroatoms. The van der Waals surface area contributed by atoms with E-state index < -0.39 is 12.3 Å². The van der Waals surface area contributed by atoms with Crippen LogP contribution >= 0.6 is 0 Å². The molecule has 6 unspecified atom stereocenters. The van der Waals surface area contributed by atoms with Crippen LogP contribution in [0.1, 0.15) is 58.3 Å². The van der Waals surface area contributed by atoms with Gasteiger partial charge in [0.25, 0.3) is 0 Å². The third kappa shape index (κ3) is 5.46. The molecule has 8 nitrogen and oxygen atoms in total. The molecule has 0 spiro atoms. The molecule has 2 saturated heterocycles. The molecular weight excluding hydrogens is 394 g/mol. The molecule has 30 heavy (non-hydrogen) atoms. The van der Waals surface area contributed by atoms with E-state index in [0.717, 1.165) is 25.7 Å². The zero-order chi connectivity index (χ0) is 21.1. The molecule has 2 saturated carbocycles. The third-order valence-corrected chi connectivity index (χ3v) is 6.81. The van der Waals surface area contributed by atoms with Crippen molar-refractivity contribution < 1.29 is 18.4 Å². The molecule has 4 fully saturated rings. The van der Waals surface area contributed by atoms with Gasteiger partial charge in [0.1, 0.15) is 18.5 Å². The molecule has 0 bridgehead atoms. The average Bonchev–Trinajstić information content (AvgIpc) is 3.43. The van der Waals surface area contributed by atoms with E-state index in [0.29, 0.717) is 37.8 Å². The highest BCUT2D eigenvalue weighted by Crippen LogP contribution is 2.33. The highest BCUT2D eigenvalue weighted by molar-refractivity contribution is 5.98. The molecule has 0 radical (unpaired) electrons. The van der Waals surface area contributed by atoms with E-state index in [1.54, 1.807) is 0 Å². The van der Waals surface area contributed by atoms with Gasteiger partial charge in [-0.1, -0.05) is 12.8 Å². The Morgan fingerprint density at radius 2 is 1.80 bits per heavy atom. The van der Waals surface area contributed by atoms with Crippen LogP contribution in [0, 0.1) is 11.8 Å². The Morgan fingerprint density at radius 1 is 1.07 bits per heavy atom. The van der Waals surface area contributed by atoms with E-state index in [9.17, 15) is 13.6 Å². The minimum absolute atomic E-state index is 0.0118. The van der Waals surface area contributed by atoms with Crippen molar-refractivity contribution in [2.75, 3.05) is 6.54 Å². The average molecular weight is 429 g/mol. The standard InChI is InChI=1S/C20H34F2N6O2/c1-11-16(10-23-30-11)19(29)26-20(24-15-4-2-3-5-15)25-18-9-17(27-28-18)12-6-13(21)8-14(22)7-12/h11-18,23,27-28H,2-10H2,1H3,(H2,24,25,26,29). The lowest BCUT2D eigenvalue weighted by atomic mass is 9.81. The van der Waals surface area contributed by atoms with Crippen molar-refractivity contribution in [2.45, 2.75) is 95.0 Å². The fourth-order valence-electron chi connectivity index (χ4n) is 5.07. The number of halogens is 2. The Balaban J connectivity index is 1.39. The predicted octanol–water partition coefficient (Wildman–Crippen LogP) is 1.20. The van der Waals surface area contributed by atoms with Gasteiger partial charge in [0, 0.05) is 31.5 Å². The van der Waals surface area contributed by atoms with Crippen LogP contribution in [0.4, 0.5) is 8.78 Å². The van der Waals surface area contributed by atoms with Gasteiger partial charge >= 0.3 is 0 Å². The molecule has 1 amide bonds. The van der Waals surface area contributed by atoms with Gasteiger partial charge in [0.05, 0.1) is 12.0 Å². The van der Waals surface area contributed by atoms with Crippen LogP contribution in [0.2, 0.25) is 0 Å². The van der Waals surface area contributed by atoms with Gasteiger partial charge < -0.3 is 5.32 Å². The Labute approximate surface area is 176 Å². The van der Waals surface area contributed by atoms with E-state index in [1.807, 2.05) is 6.92 Å². The number of hydrogen-bond donors (Lipinski definition) is 5. The van der Waals surface area contributed by atoms with Crippen molar-refractivity contribution >= 4 is 11.9 Å². The summed E-state index contributed by atoms with van der Waals surface area (Å²) in [4.78, 5) is 22.7. The van der Waals surface area contributed by atoms with Gasteiger partial charge in [-0.25, -0.2) is 24.7 Å². The van der Waals surface area contributed by atoms with Gasteiger partial charge in [0.15, 0.2) is 5.96 Å². The first kappa shape index (κ1) is 21.9. The van der Waals surface area contributed by atoms with Crippen LogP contribution < -0.4 is 27.0 Å². The quantitative estimate of drug-likeness (QED) is 0.341. The summed E-state index contributed by atoms with van der Waals surface area (Å²) in [5.74, 6) is -0.0125. The second kappa shape index (κ2) is 9.84. The second-order valence-corrected chi connectivity index (χ2v) is 9.18. The highest BCUT2D eigenvalue weighted by Gasteiger charge is 2.38. The fraction of sp³-hybridized carbons (Fsp3) is 0.900. The topological polar surface area (TPSA) is 98.8 Å². The smallest absolute Gasteiger partial charge is 0.233 e. The van der Waals surface area contributed by atoms with Crippen molar-refractivity contribution in [1.29, 1.82) is 0 Å². The molecular formula is C20H34F2N6O2. The number of rotatable bonds is 4. The summed E-state index contributed by atoms with van der Waals surface area (Å²) in [6.07, 6.45) is 3.20. The Kier molecular flexibility index (Phi) is 7.17. The molecule has 0 aromatic carbocycles. The van der Waals surface area contributed by atoms with E-state index in [-0.39, 0.29) is 42.5 Å². The van der Waals surface area contributed by atoms with E-state index in [4.69, 9.17) is 9.83 Å². The zero-order valence-corrected chi connectivity index (χ0v) is 17.5. The zero-order valence-electron chi connectivity index (χ0n) is 17.5. The summed E-state index contributed by atoms with van der Waals surface area (Å²) in [7, 11) is 0. The Bertz CT molecular complexity index is 622. The largest absolute Gasteiger partial charge is 0.353 e. The lowest BCUT2D eigenvalue weighted by Crippen LogP contribution is -2.49. The molecule has 2 aliphatic heterocycles. The summed E-state index contributed by atoms with van der Waals surface area (Å²) < 4.78 is 27.6. The lowest BCUT2D eigenvalue weighted by Gasteiger charge is -2.31.